The van der Waals surface area contributed by atoms with E-state index in [9.17, 15) is 0 Å². The highest BCUT2D eigenvalue weighted by Crippen LogP contribution is 2.21. The van der Waals surface area contributed by atoms with Gasteiger partial charge in [0.15, 0.2) is 0 Å². The zero-order valence-corrected chi connectivity index (χ0v) is 13.5. The van der Waals surface area contributed by atoms with Gasteiger partial charge in [-0.3, -0.25) is 0 Å². The number of nitrogens with one attached hydrogen (secondary N) is 2. The van der Waals surface area contributed by atoms with Crippen LogP contribution >= 0.6 is 0 Å². The van der Waals surface area contributed by atoms with Crippen LogP contribution in [0.15, 0.2) is 6.33 Å². The summed E-state index contributed by atoms with van der Waals surface area (Å²) in [4.78, 5) is 11.1. The molecular formula is C15H29N5. The monoisotopic (exact) mass is 279 g/mol. The zero-order valence-electron chi connectivity index (χ0n) is 13.5. The summed E-state index contributed by atoms with van der Waals surface area (Å²) in [5.41, 5.74) is 1.20. The van der Waals surface area contributed by atoms with Crippen molar-refractivity contribution < 1.29 is 0 Å². The van der Waals surface area contributed by atoms with E-state index in [1.54, 1.807) is 6.33 Å². The molecule has 0 radical (unpaired) electrons. The maximum atomic E-state index is 4.40. The fraction of sp³-hybridized carbons (Fsp3) is 0.733. The van der Waals surface area contributed by atoms with Crippen molar-refractivity contribution in [2.45, 2.75) is 46.6 Å². The van der Waals surface area contributed by atoms with Crippen LogP contribution in [0.4, 0.5) is 11.6 Å². The van der Waals surface area contributed by atoms with Crippen molar-refractivity contribution in [1.82, 2.24) is 14.9 Å². The number of hydrogen-bond acceptors (Lipinski definition) is 5. The second kappa shape index (κ2) is 8.74. The van der Waals surface area contributed by atoms with E-state index in [1.165, 1.54) is 5.56 Å². The van der Waals surface area contributed by atoms with Crippen molar-refractivity contribution in [3.05, 3.63) is 11.9 Å². The van der Waals surface area contributed by atoms with E-state index in [-0.39, 0.29) is 0 Å². The summed E-state index contributed by atoms with van der Waals surface area (Å²) >= 11 is 0. The van der Waals surface area contributed by atoms with Crippen LogP contribution in [0.2, 0.25) is 0 Å². The van der Waals surface area contributed by atoms with Crippen LogP contribution in [0.25, 0.3) is 0 Å². The molecule has 1 aromatic rings. The number of likely N-dealkylation sites (N-methyl/N-ethyl adjacent to an activating group) is 1. The molecule has 2 N–H and O–H groups in total. The highest BCUT2D eigenvalue weighted by molar-refractivity contribution is 5.57. The lowest BCUT2D eigenvalue weighted by atomic mass is 10.1. The summed E-state index contributed by atoms with van der Waals surface area (Å²) in [5.74, 6) is 1.93. The standard InChI is InChI=1S/C15H29N5/c1-6-8-13-14(16-7-2)18-11-19-15(13)17-9-10-20(5)12(3)4/h11-12H,6-10H2,1-5H3,(H2,16,17,18,19). The number of anilines is 2. The van der Waals surface area contributed by atoms with Crippen LogP contribution in [-0.4, -0.2) is 47.6 Å². The minimum atomic E-state index is 0.564. The molecule has 1 heterocycles. The highest BCUT2D eigenvalue weighted by Gasteiger charge is 2.10. The Balaban J connectivity index is 2.70. The summed E-state index contributed by atoms with van der Waals surface area (Å²) in [6.07, 6.45) is 3.71. The number of aromatic nitrogens is 2. The molecule has 0 unspecified atom stereocenters. The van der Waals surface area contributed by atoms with Gasteiger partial charge in [-0.25, -0.2) is 9.97 Å². The van der Waals surface area contributed by atoms with E-state index in [0.29, 0.717) is 6.04 Å². The van der Waals surface area contributed by atoms with Crippen LogP contribution in [0.3, 0.4) is 0 Å². The normalized spacial score (nSPS) is 11.2. The summed E-state index contributed by atoms with van der Waals surface area (Å²) in [5, 5.41) is 6.77. The first-order valence-corrected chi connectivity index (χ1v) is 7.61. The molecule has 0 spiro atoms. The van der Waals surface area contributed by atoms with Gasteiger partial charge in [0.05, 0.1) is 0 Å². The van der Waals surface area contributed by atoms with Gasteiger partial charge in [-0.1, -0.05) is 13.3 Å². The largest absolute Gasteiger partial charge is 0.370 e. The second-order valence-electron chi connectivity index (χ2n) is 5.33. The predicted octanol–water partition coefficient (Wildman–Crippen LogP) is 2.61. The van der Waals surface area contributed by atoms with Crippen LogP contribution < -0.4 is 10.6 Å². The second-order valence-corrected chi connectivity index (χ2v) is 5.33. The van der Waals surface area contributed by atoms with Gasteiger partial charge in [0.1, 0.15) is 18.0 Å². The SMILES string of the molecule is CCCc1c(NCC)ncnc1NCCN(C)C(C)C. The third-order valence-electron chi connectivity index (χ3n) is 3.43. The molecule has 20 heavy (non-hydrogen) atoms. The van der Waals surface area contributed by atoms with Gasteiger partial charge >= 0.3 is 0 Å². The number of rotatable bonds is 9. The molecule has 0 fully saturated rings. The van der Waals surface area contributed by atoms with E-state index in [0.717, 1.165) is 44.1 Å². The van der Waals surface area contributed by atoms with Gasteiger partial charge < -0.3 is 15.5 Å². The predicted molar refractivity (Wildman–Crippen MR) is 86.4 cm³/mol. The van der Waals surface area contributed by atoms with Gasteiger partial charge in [-0.15, -0.1) is 0 Å². The lowest BCUT2D eigenvalue weighted by molar-refractivity contribution is 0.284. The Hall–Kier alpha value is -1.36. The van der Waals surface area contributed by atoms with E-state index >= 15 is 0 Å². The summed E-state index contributed by atoms with van der Waals surface area (Å²) in [6.45, 7) is 11.5. The minimum Gasteiger partial charge on any atom is -0.370 e. The molecule has 5 heteroatoms. The first-order chi connectivity index (χ1) is 9.60. The molecule has 0 aliphatic heterocycles. The molecule has 1 rings (SSSR count). The van der Waals surface area contributed by atoms with Crippen molar-refractivity contribution in [1.29, 1.82) is 0 Å². The molecule has 0 saturated heterocycles. The third kappa shape index (κ3) is 4.96. The summed E-state index contributed by atoms with van der Waals surface area (Å²) < 4.78 is 0. The lowest BCUT2D eigenvalue weighted by Crippen LogP contribution is -2.31. The van der Waals surface area contributed by atoms with Crippen molar-refractivity contribution >= 4 is 11.6 Å². The molecular weight excluding hydrogens is 250 g/mol. The van der Waals surface area contributed by atoms with E-state index in [1.807, 2.05) is 0 Å². The molecule has 0 amide bonds. The van der Waals surface area contributed by atoms with Crippen molar-refractivity contribution in [2.24, 2.45) is 0 Å². The Labute approximate surface area is 123 Å². The van der Waals surface area contributed by atoms with Crippen LogP contribution in [0.5, 0.6) is 0 Å². The van der Waals surface area contributed by atoms with Crippen LogP contribution in [0, 0.1) is 0 Å². The fourth-order valence-corrected chi connectivity index (χ4v) is 1.98. The Morgan fingerprint density at radius 1 is 1.15 bits per heavy atom. The molecule has 0 saturated carbocycles. The van der Waals surface area contributed by atoms with Crippen LogP contribution in [-0.2, 0) is 6.42 Å². The first kappa shape index (κ1) is 16.7. The van der Waals surface area contributed by atoms with Crippen molar-refractivity contribution in [3.63, 3.8) is 0 Å². The molecule has 114 valence electrons. The summed E-state index contributed by atoms with van der Waals surface area (Å²) in [7, 11) is 2.14. The average Bonchev–Trinajstić information content (AvgIpc) is 2.42. The highest BCUT2D eigenvalue weighted by atomic mass is 15.1. The van der Waals surface area contributed by atoms with Gasteiger partial charge in [0.2, 0.25) is 0 Å². The van der Waals surface area contributed by atoms with E-state index < -0.39 is 0 Å². The maximum Gasteiger partial charge on any atom is 0.134 e. The Kier molecular flexibility index (Phi) is 7.30. The topological polar surface area (TPSA) is 53.1 Å². The molecule has 0 bridgehead atoms. The molecule has 5 nitrogen and oxygen atoms in total. The minimum absolute atomic E-state index is 0.564. The van der Waals surface area contributed by atoms with Crippen LogP contribution in [0.1, 0.15) is 39.7 Å². The Morgan fingerprint density at radius 2 is 1.80 bits per heavy atom. The van der Waals surface area contributed by atoms with Gasteiger partial charge in [-0.05, 0) is 34.2 Å². The van der Waals surface area contributed by atoms with E-state index in [2.05, 4.69) is 60.2 Å². The molecule has 0 atom stereocenters. The maximum absolute atomic E-state index is 4.40. The molecule has 0 aromatic carbocycles. The average molecular weight is 279 g/mol. The third-order valence-corrected chi connectivity index (χ3v) is 3.43. The quantitative estimate of drug-likeness (QED) is 0.728. The Bertz CT molecular complexity index is 392. The smallest absolute Gasteiger partial charge is 0.134 e. The van der Waals surface area contributed by atoms with Gasteiger partial charge in [0.25, 0.3) is 0 Å². The fourth-order valence-electron chi connectivity index (χ4n) is 1.98. The van der Waals surface area contributed by atoms with Crippen molar-refractivity contribution in [2.75, 3.05) is 37.3 Å². The summed E-state index contributed by atoms with van der Waals surface area (Å²) in [6, 6.07) is 0.564. The van der Waals surface area contributed by atoms with E-state index in [4.69, 9.17) is 0 Å². The number of hydrogen-bond donors (Lipinski definition) is 2. The van der Waals surface area contributed by atoms with Gasteiger partial charge in [-0.2, -0.15) is 0 Å². The Morgan fingerprint density at radius 3 is 2.35 bits per heavy atom. The molecule has 0 aliphatic carbocycles. The molecule has 0 aliphatic rings. The van der Waals surface area contributed by atoms with Crippen molar-refractivity contribution in [3.8, 4) is 0 Å². The number of nitrogens with zero attached hydrogens (tertiary/aromatic N) is 3. The zero-order chi connectivity index (χ0) is 15.0. The lowest BCUT2D eigenvalue weighted by Gasteiger charge is -2.21. The first-order valence-electron chi connectivity index (χ1n) is 7.61. The molecule has 1 aromatic heterocycles. The van der Waals surface area contributed by atoms with Gasteiger partial charge in [0, 0.05) is 31.2 Å².